The molecule has 0 unspecified atom stereocenters. The highest BCUT2D eigenvalue weighted by atomic mass is 19.4. The number of carbonyl (C=O) groups excluding carboxylic acids is 1. The van der Waals surface area contributed by atoms with Crippen molar-refractivity contribution in [2.75, 3.05) is 20.2 Å². The topological polar surface area (TPSA) is 29.5 Å². The number of carbonyl (C=O) groups is 1. The molecule has 3 nitrogen and oxygen atoms in total. The fourth-order valence-electron chi connectivity index (χ4n) is 1.59. The Hall–Kier alpha value is -0.780. The van der Waals surface area contributed by atoms with Gasteiger partial charge >= 0.3 is 12.1 Å². The first-order chi connectivity index (χ1) is 7.42. The van der Waals surface area contributed by atoms with Crippen molar-refractivity contribution in [3.8, 4) is 0 Å². The zero-order valence-corrected chi connectivity index (χ0v) is 9.22. The maximum absolute atomic E-state index is 12.2. The molecule has 16 heavy (non-hydrogen) atoms. The second kappa shape index (κ2) is 5.52. The molecule has 0 aliphatic heterocycles. The minimum absolute atomic E-state index is 0.0549. The quantitative estimate of drug-likeness (QED) is 0.664. The SMILES string of the molecule is COC(=O)CCCN(CC(F)(F)F)C1CC1. The van der Waals surface area contributed by atoms with E-state index in [1.807, 2.05) is 0 Å². The van der Waals surface area contributed by atoms with Crippen LogP contribution in [0.1, 0.15) is 25.7 Å². The Morgan fingerprint density at radius 2 is 2.06 bits per heavy atom. The molecular formula is C10H16F3NO2. The maximum atomic E-state index is 12.2. The summed E-state index contributed by atoms with van der Waals surface area (Å²) in [5.41, 5.74) is 0. The number of alkyl halides is 3. The van der Waals surface area contributed by atoms with E-state index >= 15 is 0 Å². The molecule has 0 aromatic heterocycles. The average molecular weight is 239 g/mol. The van der Waals surface area contributed by atoms with Crippen molar-refractivity contribution >= 4 is 5.97 Å². The second-order valence-corrected chi connectivity index (χ2v) is 4.00. The van der Waals surface area contributed by atoms with Crippen LogP contribution in [0.15, 0.2) is 0 Å². The van der Waals surface area contributed by atoms with Crippen molar-refractivity contribution in [2.45, 2.75) is 37.9 Å². The molecule has 1 aliphatic rings. The van der Waals surface area contributed by atoms with E-state index < -0.39 is 12.7 Å². The number of nitrogens with zero attached hydrogens (tertiary/aromatic N) is 1. The lowest BCUT2D eigenvalue weighted by Gasteiger charge is -2.22. The summed E-state index contributed by atoms with van der Waals surface area (Å²) in [6.45, 7) is -0.571. The summed E-state index contributed by atoms with van der Waals surface area (Å²) in [6.07, 6.45) is -1.91. The number of hydrogen-bond acceptors (Lipinski definition) is 3. The van der Waals surface area contributed by atoms with Crippen LogP contribution in [0.5, 0.6) is 0 Å². The molecule has 0 atom stereocenters. The predicted molar refractivity (Wildman–Crippen MR) is 51.9 cm³/mol. The van der Waals surface area contributed by atoms with Gasteiger partial charge in [-0.15, -0.1) is 0 Å². The molecular weight excluding hydrogens is 223 g/mol. The van der Waals surface area contributed by atoms with Gasteiger partial charge in [-0.05, 0) is 25.8 Å². The van der Waals surface area contributed by atoms with Gasteiger partial charge in [-0.25, -0.2) is 0 Å². The first kappa shape index (κ1) is 13.3. The molecule has 1 aliphatic carbocycles. The molecule has 94 valence electrons. The number of rotatable bonds is 6. The number of hydrogen-bond donors (Lipinski definition) is 0. The Morgan fingerprint density at radius 1 is 1.44 bits per heavy atom. The summed E-state index contributed by atoms with van der Waals surface area (Å²) in [5, 5.41) is 0. The summed E-state index contributed by atoms with van der Waals surface area (Å²) in [5.74, 6) is -0.372. The van der Waals surface area contributed by atoms with Crippen molar-refractivity contribution in [3.63, 3.8) is 0 Å². The first-order valence-electron chi connectivity index (χ1n) is 5.30. The van der Waals surface area contributed by atoms with Crippen LogP contribution >= 0.6 is 0 Å². The largest absolute Gasteiger partial charge is 0.469 e. The maximum Gasteiger partial charge on any atom is 0.401 e. The van der Waals surface area contributed by atoms with Gasteiger partial charge in [-0.3, -0.25) is 9.69 Å². The van der Waals surface area contributed by atoms with Gasteiger partial charge in [0.25, 0.3) is 0 Å². The number of methoxy groups -OCH3 is 1. The molecule has 0 heterocycles. The molecule has 1 fully saturated rings. The van der Waals surface area contributed by atoms with Crippen molar-refractivity contribution in [2.24, 2.45) is 0 Å². The van der Waals surface area contributed by atoms with Crippen molar-refractivity contribution in [1.82, 2.24) is 4.90 Å². The van der Waals surface area contributed by atoms with Crippen LogP contribution in [-0.2, 0) is 9.53 Å². The Kier molecular flexibility index (Phi) is 4.58. The monoisotopic (exact) mass is 239 g/mol. The Bertz CT molecular complexity index is 239. The van der Waals surface area contributed by atoms with Crippen molar-refractivity contribution in [3.05, 3.63) is 0 Å². The summed E-state index contributed by atoms with van der Waals surface area (Å²) in [7, 11) is 1.27. The van der Waals surface area contributed by atoms with Crippen LogP contribution in [-0.4, -0.2) is 43.3 Å². The highest BCUT2D eigenvalue weighted by Gasteiger charge is 2.37. The molecule has 0 amide bonds. The summed E-state index contributed by atoms with van der Waals surface area (Å²) >= 11 is 0. The molecule has 0 N–H and O–H groups in total. The predicted octanol–water partition coefficient (Wildman–Crippen LogP) is 1.97. The van der Waals surface area contributed by atoms with E-state index in [4.69, 9.17) is 0 Å². The van der Waals surface area contributed by atoms with Gasteiger partial charge in [0.1, 0.15) is 0 Å². The van der Waals surface area contributed by atoms with Gasteiger partial charge in [-0.2, -0.15) is 13.2 Å². The molecule has 1 saturated carbocycles. The normalized spacial score (nSPS) is 16.6. The van der Waals surface area contributed by atoms with E-state index in [1.54, 1.807) is 0 Å². The lowest BCUT2D eigenvalue weighted by atomic mass is 10.3. The summed E-state index contributed by atoms with van der Waals surface area (Å²) in [4.78, 5) is 12.2. The standard InChI is InChI=1S/C10H16F3NO2/c1-16-9(15)3-2-6-14(8-4-5-8)7-10(11,12)13/h8H,2-7H2,1H3. The van der Waals surface area contributed by atoms with Crippen molar-refractivity contribution < 1.29 is 22.7 Å². The Balaban J connectivity index is 2.26. The minimum Gasteiger partial charge on any atom is -0.469 e. The summed E-state index contributed by atoms with van der Waals surface area (Å²) in [6, 6.07) is 0.0549. The third-order valence-electron chi connectivity index (χ3n) is 2.50. The molecule has 0 aromatic carbocycles. The van der Waals surface area contributed by atoms with Gasteiger partial charge < -0.3 is 4.74 Å². The van der Waals surface area contributed by atoms with Gasteiger partial charge in [0, 0.05) is 12.5 Å². The fraction of sp³-hybridized carbons (Fsp3) is 0.900. The highest BCUT2D eigenvalue weighted by Crippen LogP contribution is 2.30. The third-order valence-corrected chi connectivity index (χ3v) is 2.50. The molecule has 1 rings (SSSR count). The van der Waals surface area contributed by atoms with E-state index in [0.29, 0.717) is 13.0 Å². The van der Waals surface area contributed by atoms with E-state index in [2.05, 4.69) is 4.74 Å². The van der Waals surface area contributed by atoms with E-state index in [1.165, 1.54) is 12.0 Å². The zero-order valence-electron chi connectivity index (χ0n) is 9.22. The molecule has 0 aromatic rings. The van der Waals surface area contributed by atoms with Crippen LogP contribution in [0, 0.1) is 0 Å². The lowest BCUT2D eigenvalue weighted by Crippen LogP contribution is -2.36. The smallest absolute Gasteiger partial charge is 0.401 e. The molecule has 0 bridgehead atoms. The van der Waals surface area contributed by atoms with Crippen LogP contribution in [0.2, 0.25) is 0 Å². The first-order valence-corrected chi connectivity index (χ1v) is 5.30. The zero-order chi connectivity index (χ0) is 12.2. The average Bonchev–Trinajstić information content (AvgIpc) is 2.97. The van der Waals surface area contributed by atoms with Gasteiger partial charge in [-0.1, -0.05) is 0 Å². The minimum atomic E-state index is -4.16. The fourth-order valence-corrected chi connectivity index (χ4v) is 1.59. The number of ether oxygens (including phenoxy) is 1. The van der Waals surface area contributed by atoms with Gasteiger partial charge in [0.15, 0.2) is 0 Å². The van der Waals surface area contributed by atoms with Gasteiger partial charge in [0.05, 0.1) is 13.7 Å². The van der Waals surface area contributed by atoms with E-state index in [-0.39, 0.29) is 18.4 Å². The molecule has 0 spiro atoms. The highest BCUT2D eigenvalue weighted by molar-refractivity contribution is 5.69. The summed E-state index contributed by atoms with van der Waals surface area (Å²) < 4.78 is 41.1. The number of esters is 1. The van der Waals surface area contributed by atoms with Crippen LogP contribution < -0.4 is 0 Å². The van der Waals surface area contributed by atoms with Crippen LogP contribution in [0.25, 0.3) is 0 Å². The second-order valence-electron chi connectivity index (χ2n) is 4.00. The van der Waals surface area contributed by atoms with Crippen LogP contribution in [0.3, 0.4) is 0 Å². The van der Waals surface area contributed by atoms with Crippen LogP contribution in [0.4, 0.5) is 13.2 Å². The van der Waals surface area contributed by atoms with E-state index in [0.717, 1.165) is 12.8 Å². The van der Waals surface area contributed by atoms with Gasteiger partial charge in [0.2, 0.25) is 0 Å². The molecule has 0 saturated heterocycles. The third kappa shape index (κ3) is 5.34. The Morgan fingerprint density at radius 3 is 2.50 bits per heavy atom. The lowest BCUT2D eigenvalue weighted by molar-refractivity contribution is -0.147. The Labute approximate surface area is 92.5 Å². The van der Waals surface area contributed by atoms with E-state index in [9.17, 15) is 18.0 Å². The number of halogens is 3. The van der Waals surface area contributed by atoms with Crippen molar-refractivity contribution in [1.29, 1.82) is 0 Å². The molecule has 6 heteroatoms. The molecule has 0 radical (unpaired) electrons.